The van der Waals surface area contributed by atoms with E-state index < -0.39 is 21.6 Å². The quantitative estimate of drug-likeness (QED) is 0.248. The van der Waals surface area contributed by atoms with Crippen molar-refractivity contribution in [3.8, 4) is 17.6 Å². The number of ether oxygens (including phenoxy) is 1. The highest BCUT2D eigenvalue weighted by molar-refractivity contribution is 7.91. The van der Waals surface area contributed by atoms with Gasteiger partial charge in [0.2, 0.25) is 6.41 Å². The molecule has 2 aromatic carbocycles. The number of hydrogen-bond donors (Lipinski definition) is 1. The van der Waals surface area contributed by atoms with Gasteiger partial charge in [-0.3, -0.25) is 14.9 Å². The number of nitrogens with zero attached hydrogens (tertiary/aromatic N) is 2. The van der Waals surface area contributed by atoms with Gasteiger partial charge in [0.15, 0.2) is 9.84 Å². The zero-order valence-electron chi connectivity index (χ0n) is 18.8. The van der Waals surface area contributed by atoms with Gasteiger partial charge in [-0.2, -0.15) is 0 Å². The molecule has 0 aromatic heterocycles. The molecule has 1 saturated heterocycles. The SMILES string of the molecule is CC#CCOc1ccc(S(=O)(=O)CC(c2cccc(CN3CCCCC3)c2)N(O)C=O)cc1. The van der Waals surface area contributed by atoms with Crippen LogP contribution in [-0.2, 0) is 21.2 Å². The average Bonchev–Trinajstić information content (AvgIpc) is 2.83. The van der Waals surface area contributed by atoms with Crippen molar-refractivity contribution in [2.24, 2.45) is 0 Å². The van der Waals surface area contributed by atoms with Crippen LogP contribution in [0.2, 0.25) is 0 Å². The van der Waals surface area contributed by atoms with Crippen LogP contribution >= 0.6 is 0 Å². The van der Waals surface area contributed by atoms with Gasteiger partial charge in [-0.25, -0.2) is 13.5 Å². The van der Waals surface area contributed by atoms with E-state index in [4.69, 9.17) is 4.74 Å². The fraction of sp³-hybridized carbons (Fsp3) is 0.400. The first-order chi connectivity index (χ1) is 15.9. The summed E-state index contributed by atoms with van der Waals surface area (Å²) < 4.78 is 31.6. The monoisotopic (exact) mass is 470 g/mol. The van der Waals surface area contributed by atoms with Crippen LogP contribution in [0.25, 0.3) is 0 Å². The number of amides is 1. The standard InChI is InChI=1S/C25H30N2O5S/c1-2-3-16-32-23-10-12-24(13-11-23)33(30,31)19-25(27(29)20-28)22-9-7-8-21(17-22)18-26-14-5-4-6-15-26/h7-13,17,20,25,29H,4-6,14-16,18-19H2,1H3. The van der Waals surface area contributed by atoms with Crippen LogP contribution in [0.5, 0.6) is 5.75 Å². The number of piperidine rings is 1. The maximum absolute atomic E-state index is 13.1. The summed E-state index contributed by atoms with van der Waals surface area (Å²) in [6, 6.07) is 12.4. The van der Waals surface area contributed by atoms with Crippen molar-refractivity contribution >= 4 is 16.2 Å². The lowest BCUT2D eigenvalue weighted by Crippen LogP contribution is -2.31. The van der Waals surface area contributed by atoms with Gasteiger partial charge >= 0.3 is 0 Å². The summed E-state index contributed by atoms with van der Waals surface area (Å²) in [7, 11) is -3.80. The second kappa shape index (κ2) is 11.8. The summed E-state index contributed by atoms with van der Waals surface area (Å²) in [5, 5.41) is 10.6. The highest BCUT2D eigenvalue weighted by Gasteiger charge is 2.27. The lowest BCUT2D eigenvalue weighted by atomic mass is 10.0. The number of hydrogen-bond acceptors (Lipinski definition) is 6. The first-order valence-electron chi connectivity index (χ1n) is 11.0. The van der Waals surface area contributed by atoms with Crippen molar-refractivity contribution in [1.82, 2.24) is 9.96 Å². The van der Waals surface area contributed by atoms with E-state index in [1.165, 1.54) is 31.4 Å². The molecule has 176 valence electrons. The molecule has 1 fully saturated rings. The number of carbonyl (C=O) groups excluding carboxylic acids is 1. The molecule has 1 aliphatic rings. The second-order valence-electron chi connectivity index (χ2n) is 8.05. The molecule has 1 amide bonds. The van der Waals surface area contributed by atoms with Gasteiger partial charge in [0.1, 0.15) is 12.4 Å². The molecule has 7 nitrogen and oxygen atoms in total. The van der Waals surface area contributed by atoms with E-state index in [2.05, 4.69) is 16.7 Å². The van der Waals surface area contributed by atoms with Crippen molar-refractivity contribution in [3.63, 3.8) is 0 Å². The van der Waals surface area contributed by atoms with Gasteiger partial charge in [-0.05, 0) is 68.2 Å². The van der Waals surface area contributed by atoms with Gasteiger partial charge in [-0.1, -0.05) is 36.6 Å². The molecule has 0 saturated carbocycles. The Kier molecular flexibility index (Phi) is 8.89. The summed E-state index contributed by atoms with van der Waals surface area (Å²) in [5.41, 5.74) is 1.59. The van der Waals surface area contributed by atoms with Gasteiger partial charge in [-0.15, -0.1) is 5.92 Å². The molecule has 1 aliphatic heterocycles. The van der Waals surface area contributed by atoms with Gasteiger partial charge in [0.25, 0.3) is 0 Å². The van der Waals surface area contributed by atoms with Crippen LogP contribution in [0.3, 0.4) is 0 Å². The number of sulfone groups is 1. The Hall–Kier alpha value is -2.86. The molecule has 0 spiro atoms. The molecule has 0 radical (unpaired) electrons. The summed E-state index contributed by atoms with van der Waals surface area (Å²) in [6.45, 7) is 4.75. The molecule has 0 aliphatic carbocycles. The molecule has 1 atom stereocenters. The first-order valence-corrected chi connectivity index (χ1v) is 12.7. The van der Waals surface area contributed by atoms with Gasteiger partial charge in [0.05, 0.1) is 16.7 Å². The minimum Gasteiger partial charge on any atom is -0.481 e. The maximum atomic E-state index is 13.1. The Labute approximate surface area is 195 Å². The Balaban J connectivity index is 1.78. The minimum atomic E-state index is -3.80. The number of likely N-dealkylation sites (tertiary alicyclic amines) is 1. The molecule has 1 N–H and O–H groups in total. The molecule has 1 unspecified atom stereocenters. The molecule has 33 heavy (non-hydrogen) atoms. The summed E-state index contributed by atoms with van der Waals surface area (Å²) in [4.78, 5) is 13.8. The molecule has 3 rings (SSSR count). The van der Waals surface area contributed by atoms with Crippen LogP contribution in [0, 0.1) is 11.8 Å². The Morgan fingerprint density at radius 2 is 1.88 bits per heavy atom. The van der Waals surface area contributed by atoms with Crippen LogP contribution in [0.4, 0.5) is 0 Å². The summed E-state index contributed by atoms with van der Waals surface area (Å²) in [5.74, 6) is 5.56. The van der Waals surface area contributed by atoms with Crippen molar-refractivity contribution in [2.45, 2.75) is 43.7 Å². The van der Waals surface area contributed by atoms with E-state index in [1.807, 2.05) is 18.2 Å². The molecular weight excluding hydrogens is 440 g/mol. The van der Waals surface area contributed by atoms with E-state index in [1.54, 1.807) is 25.1 Å². The third kappa shape index (κ3) is 7.06. The third-order valence-corrected chi connectivity index (χ3v) is 7.41. The molecular formula is C25H30N2O5S. The van der Waals surface area contributed by atoms with Crippen molar-refractivity contribution < 1.29 is 23.2 Å². The zero-order valence-corrected chi connectivity index (χ0v) is 19.6. The van der Waals surface area contributed by atoms with Crippen LogP contribution in [0.1, 0.15) is 43.4 Å². The highest BCUT2D eigenvalue weighted by atomic mass is 32.2. The van der Waals surface area contributed by atoms with Crippen LogP contribution in [0.15, 0.2) is 53.4 Å². The fourth-order valence-electron chi connectivity index (χ4n) is 3.91. The average molecular weight is 471 g/mol. The van der Waals surface area contributed by atoms with Crippen molar-refractivity contribution in [3.05, 3.63) is 59.7 Å². The Bertz CT molecular complexity index is 1080. The minimum absolute atomic E-state index is 0.0881. The van der Waals surface area contributed by atoms with E-state index in [9.17, 15) is 18.4 Å². The number of benzene rings is 2. The smallest absolute Gasteiger partial charge is 0.233 e. The third-order valence-electron chi connectivity index (χ3n) is 5.67. The lowest BCUT2D eigenvalue weighted by Gasteiger charge is -2.27. The predicted octanol–water partition coefficient (Wildman–Crippen LogP) is 3.44. The number of carbonyl (C=O) groups is 1. The Morgan fingerprint density at radius 1 is 1.15 bits per heavy atom. The maximum Gasteiger partial charge on any atom is 0.233 e. The fourth-order valence-corrected chi connectivity index (χ4v) is 5.42. The van der Waals surface area contributed by atoms with Gasteiger partial charge in [0, 0.05) is 6.54 Å². The summed E-state index contributed by atoms with van der Waals surface area (Å²) in [6.07, 6.45) is 3.83. The number of rotatable bonds is 10. The van der Waals surface area contributed by atoms with Crippen LogP contribution in [-0.4, -0.2) is 55.4 Å². The molecule has 1 heterocycles. The van der Waals surface area contributed by atoms with Crippen molar-refractivity contribution in [1.29, 1.82) is 0 Å². The Morgan fingerprint density at radius 3 is 2.55 bits per heavy atom. The van der Waals surface area contributed by atoms with E-state index in [0.717, 1.165) is 25.2 Å². The van der Waals surface area contributed by atoms with Crippen LogP contribution < -0.4 is 4.74 Å². The first kappa shape index (κ1) is 24.8. The van der Waals surface area contributed by atoms with E-state index >= 15 is 0 Å². The highest BCUT2D eigenvalue weighted by Crippen LogP contribution is 2.26. The molecule has 2 aromatic rings. The normalized spacial score (nSPS) is 15.2. The second-order valence-corrected chi connectivity index (χ2v) is 10.1. The van der Waals surface area contributed by atoms with Crippen molar-refractivity contribution in [2.75, 3.05) is 25.4 Å². The lowest BCUT2D eigenvalue weighted by molar-refractivity contribution is -0.158. The van der Waals surface area contributed by atoms with E-state index in [0.29, 0.717) is 16.4 Å². The number of hydroxylamine groups is 2. The van der Waals surface area contributed by atoms with Gasteiger partial charge < -0.3 is 4.74 Å². The zero-order chi connectivity index (χ0) is 23.7. The topological polar surface area (TPSA) is 87.2 Å². The molecule has 8 heteroatoms. The largest absolute Gasteiger partial charge is 0.481 e. The summed E-state index contributed by atoms with van der Waals surface area (Å²) >= 11 is 0. The predicted molar refractivity (Wildman–Crippen MR) is 125 cm³/mol. The molecule has 0 bridgehead atoms. The van der Waals surface area contributed by atoms with E-state index in [-0.39, 0.29) is 17.9 Å².